The molecule has 2 aromatic carbocycles. The van der Waals surface area contributed by atoms with E-state index >= 15 is 0 Å². The van der Waals surface area contributed by atoms with Gasteiger partial charge in [-0.1, -0.05) is 36.1 Å². The number of thioether (sulfide) groups is 1. The van der Waals surface area contributed by atoms with E-state index in [2.05, 4.69) is 0 Å². The maximum Gasteiger partial charge on any atom is 0.344 e. The highest BCUT2D eigenvalue weighted by Crippen LogP contribution is 2.36. The van der Waals surface area contributed by atoms with Crippen LogP contribution in [0.2, 0.25) is 0 Å². The van der Waals surface area contributed by atoms with Crippen molar-refractivity contribution in [3.63, 3.8) is 0 Å². The molecule has 0 radical (unpaired) electrons. The minimum atomic E-state index is -1.05. The van der Waals surface area contributed by atoms with E-state index in [1.807, 2.05) is 0 Å². The minimum Gasteiger partial charge on any atom is -0.479 e. The number of aliphatic carboxylic acids is 1. The molecule has 2 aromatic rings. The van der Waals surface area contributed by atoms with Gasteiger partial charge in [0.25, 0.3) is 5.91 Å². The molecule has 29 heavy (non-hydrogen) atoms. The molecule has 148 valence electrons. The van der Waals surface area contributed by atoms with E-state index in [1.54, 1.807) is 54.6 Å². The van der Waals surface area contributed by atoms with Gasteiger partial charge < -0.3 is 9.84 Å². The molecule has 1 saturated heterocycles. The van der Waals surface area contributed by atoms with Crippen molar-refractivity contribution >= 4 is 57.7 Å². The summed E-state index contributed by atoms with van der Waals surface area (Å²) in [5.41, 5.74) is 1.93. The number of amides is 1. The first-order valence-corrected chi connectivity index (χ1v) is 9.87. The number of ether oxygens (including phenoxy) is 1. The minimum absolute atomic E-state index is 0.0491. The van der Waals surface area contributed by atoms with Gasteiger partial charge in [0.2, 0.25) is 0 Å². The van der Waals surface area contributed by atoms with Crippen LogP contribution in [0.4, 0.5) is 5.69 Å². The number of hydrogen-bond acceptors (Lipinski definition) is 6. The smallest absolute Gasteiger partial charge is 0.344 e. The number of Topliss-reactive ketones (excluding diaryl/α,β-unsaturated/α-hetero) is 1. The normalized spacial score (nSPS) is 16.2. The Hall–Kier alpha value is -2.97. The number of carbonyl (C=O) groups is 3. The SMILES string of the molecule is CC(=O)c1ccc(N2C(=O)/C(=C\c3ccc(OC(C)C(=O)O)cc3)SC2=S)cc1. The summed E-state index contributed by atoms with van der Waals surface area (Å²) in [6.07, 6.45) is 0.764. The van der Waals surface area contributed by atoms with Crippen molar-refractivity contribution in [3.8, 4) is 5.75 Å². The number of anilines is 1. The van der Waals surface area contributed by atoms with Crippen LogP contribution in [0.15, 0.2) is 53.4 Å². The van der Waals surface area contributed by atoms with Gasteiger partial charge in [-0.15, -0.1) is 0 Å². The van der Waals surface area contributed by atoms with Gasteiger partial charge in [-0.25, -0.2) is 4.79 Å². The summed E-state index contributed by atoms with van der Waals surface area (Å²) >= 11 is 6.55. The fourth-order valence-corrected chi connectivity index (χ4v) is 3.88. The topological polar surface area (TPSA) is 83.9 Å². The van der Waals surface area contributed by atoms with E-state index in [1.165, 1.54) is 30.5 Å². The summed E-state index contributed by atoms with van der Waals surface area (Å²) in [6, 6.07) is 13.5. The molecule has 1 aliphatic heterocycles. The zero-order valence-electron chi connectivity index (χ0n) is 15.6. The molecule has 3 rings (SSSR count). The summed E-state index contributed by atoms with van der Waals surface area (Å²) in [5.74, 6) is -0.911. The molecule has 1 aliphatic rings. The number of rotatable bonds is 6. The highest BCUT2D eigenvalue weighted by atomic mass is 32.2. The Labute approximate surface area is 177 Å². The van der Waals surface area contributed by atoms with Crippen LogP contribution >= 0.6 is 24.0 Å². The molecular weight excluding hydrogens is 410 g/mol. The number of carboxylic acids is 1. The number of hydrogen-bond donors (Lipinski definition) is 1. The van der Waals surface area contributed by atoms with Gasteiger partial charge in [-0.05, 0) is 61.9 Å². The zero-order valence-corrected chi connectivity index (χ0v) is 17.3. The molecular formula is C21H17NO5S2. The van der Waals surface area contributed by atoms with Crippen LogP contribution < -0.4 is 9.64 Å². The maximum atomic E-state index is 12.8. The quantitative estimate of drug-likeness (QED) is 0.421. The lowest BCUT2D eigenvalue weighted by Crippen LogP contribution is -2.27. The van der Waals surface area contributed by atoms with Crippen LogP contribution in [-0.4, -0.2) is 33.2 Å². The van der Waals surface area contributed by atoms with Crippen LogP contribution in [0, 0.1) is 0 Å². The first kappa shape index (κ1) is 20.8. The highest BCUT2D eigenvalue weighted by molar-refractivity contribution is 8.27. The second-order valence-corrected chi connectivity index (χ2v) is 7.96. The maximum absolute atomic E-state index is 12.8. The second kappa shape index (κ2) is 8.59. The Bertz CT molecular complexity index is 1010. The zero-order chi connectivity index (χ0) is 21.1. The Morgan fingerprint density at radius 2 is 1.76 bits per heavy atom. The summed E-state index contributed by atoms with van der Waals surface area (Å²) in [7, 11) is 0. The van der Waals surface area contributed by atoms with Crippen molar-refractivity contribution in [1.82, 2.24) is 0 Å². The molecule has 1 fully saturated rings. The summed E-state index contributed by atoms with van der Waals surface area (Å²) in [6.45, 7) is 2.93. The standard InChI is InChI=1S/C21H17NO5S2/c1-12(23)15-5-7-16(8-6-15)22-19(24)18(29-21(22)28)11-14-3-9-17(10-4-14)27-13(2)20(25)26/h3-11,13H,1-2H3,(H,25,26)/b18-11+. The molecule has 0 spiro atoms. The van der Waals surface area contributed by atoms with E-state index in [0.717, 1.165) is 5.56 Å². The lowest BCUT2D eigenvalue weighted by Gasteiger charge is -2.14. The summed E-state index contributed by atoms with van der Waals surface area (Å²) in [4.78, 5) is 37.0. The number of carboxylic acid groups (broad SMARTS) is 1. The van der Waals surface area contributed by atoms with E-state index in [-0.39, 0.29) is 11.7 Å². The largest absolute Gasteiger partial charge is 0.479 e. The number of benzene rings is 2. The van der Waals surface area contributed by atoms with Crippen molar-refractivity contribution in [2.75, 3.05) is 4.90 Å². The highest BCUT2D eigenvalue weighted by Gasteiger charge is 2.33. The average molecular weight is 428 g/mol. The van der Waals surface area contributed by atoms with Gasteiger partial charge in [0.05, 0.1) is 10.6 Å². The third-order valence-electron chi connectivity index (χ3n) is 4.16. The van der Waals surface area contributed by atoms with Crippen molar-refractivity contribution in [2.45, 2.75) is 20.0 Å². The van der Waals surface area contributed by atoms with Crippen LogP contribution in [-0.2, 0) is 9.59 Å². The van der Waals surface area contributed by atoms with Gasteiger partial charge in [-0.3, -0.25) is 14.5 Å². The van der Waals surface area contributed by atoms with Crippen molar-refractivity contribution in [3.05, 3.63) is 64.6 Å². The molecule has 1 heterocycles. The molecule has 1 unspecified atom stereocenters. The number of ketones is 1. The molecule has 6 nitrogen and oxygen atoms in total. The fourth-order valence-electron chi connectivity index (χ4n) is 2.58. The summed E-state index contributed by atoms with van der Waals surface area (Å²) in [5, 5.41) is 8.89. The predicted molar refractivity (Wildman–Crippen MR) is 116 cm³/mol. The van der Waals surface area contributed by atoms with Crippen LogP contribution in [0.5, 0.6) is 5.75 Å². The predicted octanol–water partition coefficient (Wildman–Crippen LogP) is 4.15. The van der Waals surface area contributed by atoms with Crippen LogP contribution in [0.3, 0.4) is 0 Å². The fraction of sp³-hybridized carbons (Fsp3) is 0.143. The molecule has 8 heteroatoms. The van der Waals surface area contributed by atoms with E-state index < -0.39 is 12.1 Å². The Morgan fingerprint density at radius 1 is 1.14 bits per heavy atom. The van der Waals surface area contributed by atoms with Crippen molar-refractivity contribution in [1.29, 1.82) is 0 Å². The molecule has 0 aliphatic carbocycles. The van der Waals surface area contributed by atoms with Crippen molar-refractivity contribution in [2.24, 2.45) is 0 Å². The Kier molecular flexibility index (Phi) is 6.14. The third kappa shape index (κ3) is 4.72. The Morgan fingerprint density at radius 3 is 2.31 bits per heavy atom. The molecule has 1 N–H and O–H groups in total. The van der Waals surface area contributed by atoms with E-state index in [0.29, 0.717) is 26.2 Å². The number of thiocarbonyl (C=S) groups is 1. The lowest BCUT2D eigenvalue weighted by atomic mass is 10.1. The first-order chi connectivity index (χ1) is 13.8. The van der Waals surface area contributed by atoms with Crippen LogP contribution in [0.25, 0.3) is 6.08 Å². The summed E-state index contributed by atoms with van der Waals surface area (Å²) < 4.78 is 5.70. The molecule has 0 aromatic heterocycles. The molecule has 1 amide bonds. The molecule has 0 saturated carbocycles. The van der Waals surface area contributed by atoms with Crippen molar-refractivity contribution < 1.29 is 24.2 Å². The van der Waals surface area contributed by atoms with Crippen LogP contribution in [0.1, 0.15) is 29.8 Å². The Balaban J connectivity index is 1.77. The van der Waals surface area contributed by atoms with E-state index in [9.17, 15) is 14.4 Å². The lowest BCUT2D eigenvalue weighted by molar-refractivity contribution is -0.144. The monoisotopic (exact) mass is 427 g/mol. The second-order valence-electron chi connectivity index (χ2n) is 6.29. The average Bonchev–Trinajstić information content (AvgIpc) is 2.96. The van der Waals surface area contributed by atoms with Gasteiger partial charge in [-0.2, -0.15) is 0 Å². The van der Waals surface area contributed by atoms with Gasteiger partial charge in [0.15, 0.2) is 16.2 Å². The first-order valence-electron chi connectivity index (χ1n) is 8.65. The number of carbonyl (C=O) groups excluding carboxylic acids is 2. The number of nitrogens with zero attached hydrogens (tertiary/aromatic N) is 1. The molecule has 1 atom stereocenters. The van der Waals surface area contributed by atoms with E-state index in [4.69, 9.17) is 22.1 Å². The van der Waals surface area contributed by atoms with Gasteiger partial charge in [0.1, 0.15) is 5.75 Å². The van der Waals surface area contributed by atoms with Gasteiger partial charge in [0, 0.05) is 5.56 Å². The third-order valence-corrected chi connectivity index (χ3v) is 5.47. The van der Waals surface area contributed by atoms with Gasteiger partial charge >= 0.3 is 5.97 Å². The molecule has 0 bridgehead atoms.